The second kappa shape index (κ2) is 15.4. The van der Waals surface area contributed by atoms with Crippen LogP contribution in [0.15, 0.2) is 42.5 Å². The van der Waals surface area contributed by atoms with Gasteiger partial charge in [0, 0.05) is 6.54 Å². The molecular formula is C27H40N2O5S. The van der Waals surface area contributed by atoms with Gasteiger partial charge in [-0.3, -0.25) is 0 Å². The van der Waals surface area contributed by atoms with E-state index < -0.39 is 16.3 Å². The summed E-state index contributed by atoms with van der Waals surface area (Å²) in [6.45, 7) is 4.98. The van der Waals surface area contributed by atoms with Gasteiger partial charge in [0.15, 0.2) is 5.75 Å². The fourth-order valence-corrected chi connectivity index (χ4v) is 4.16. The van der Waals surface area contributed by atoms with Gasteiger partial charge in [0.05, 0.1) is 11.3 Å². The van der Waals surface area contributed by atoms with Crippen LogP contribution in [0.25, 0.3) is 0 Å². The second-order valence-corrected chi connectivity index (χ2v) is 9.94. The highest BCUT2D eigenvalue weighted by molar-refractivity contribution is 7.84. The number of para-hydroxylation sites is 1. The van der Waals surface area contributed by atoms with Gasteiger partial charge >= 0.3 is 16.3 Å². The van der Waals surface area contributed by atoms with Crippen LogP contribution in [0, 0.1) is 0 Å². The highest BCUT2D eigenvalue weighted by atomic mass is 32.2. The Morgan fingerprint density at radius 1 is 0.886 bits per heavy atom. The number of hydrogen-bond donors (Lipinski definition) is 2. The molecule has 0 radical (unpaired) electrons. The van der Waals surface area contributed by atoms with E-state index in [4.69, 9.17) is 9.88 Å². The first-order valence-electron chi connectivity index (χ1n) is 12.7. The Morgan fingerprint density at radius 2 is 1.51 bits per heavy atom. The van der Waals surface area contributed by atoms with E-state index in [0.717, 1.165) is 32.1 Å². The van der Waals surface area contributed by atoms with Crippen molar-refractivity contribution >= 4 is 22.0 Å². The molecule has 3 N–H and O–H groups in total. The molecule has 0 atom stereocenters. The lowest BCUT2D eigenvalue weighted by Gasteiger charge is -2.17. The quantitative estimate of drug-likeness (QED) is 0.231. The summed E-state index contributed by atoms with van der Waals surface area (Å²) in [5.41, 5.74) is 1.46. The number of anilines is 1. The molecular weight excluding hydrogens is 464 g/mol. The van der Waals surface area contributed by atoms with Crippen molar-refractivity contribution in [1.82, 2.24) is 0 Å². The van der Waals surface area contributed by atoms with Crippen molar-refractivity contribution in [3.63, 3.8) is 0 Å². The third kappa shape index (κ3) is 11.1. The largest absolute Gasteiger partial charge is 0.455 e. The van der Waals surface area contributed by atoms with Crippen LogP contribution in [0.2, 0.25) is 0 Å². The van der Waals surface area contributed by atoms with Crippen molar-refractivity contribution in [3.05, 3.63) is 53.6 Å². The molecule has 0 bridgehead atoms. The molecule has 194 valence electrons. The molecule has 0 spiro atoms. The monoisotopic (exact) mass is 504 g/mol. The molecule has 35 heavy (non-hydrogen) atoms. The van der Waals surface area contributed by atoms with Crippen molar-refractivity contribution in [2.75, 3.05) is 11.9 Å². The van der Waals surface area contributed by atoms with Crippen LogP contribution in [-0.4, -0.2) is 20.9 Å². The van der Waals surface area contributed by atoms with Gasteiger partial charge in [-0.1, -0.05) is 83.4 Å². The summed E-state index contributed by atoms with van der Waals surface area (Å²) in [6.07, 6.45) is 11.8. The van der Waals surface area contributed by atoms with Gasteiger partial charge in [-0.05, 0) is 49.1 Å². The van der Waals surface area contributed by atoms with E-state index in [1.807, 2.05) is 36.4 Å². The zero-order valence-corrected chi connectivity index (χ0v) is 21.9. The molecule has 8 heteroatoms. The van der Waals surface area contributed by atoms with Crippen LogP contribution in [0.3, 0.4) is 0 Å². The van der Waals surface area contributed by atoms with Gasteiger partial charge in [0.2, 0.25) is 0 Å². The Balaban J connectivity index is 2.26. The zero-order chi connectivity index (χ0) is 25.5. The molecule has 2 aromatic carbocycles. The molecule has 0 heterocycles. The summed E-state index contributed by atoms with van der Waals surface area (Å²) in [5.74, 6) is 0.268. The Morgan fingerprint density at radius 3 is 2.14 bits per heavy atom. The molecule has 2 rings (SSSR count). The zero-order valence-electron chi connectivity index (χ0n) is 21.1. The number of carbonyl (C=O) groups is 1. The number of nitrogens with two attached hydrogens (primary N) is 1. The maximum Gasteiger partial charge on any atom is 0.382 e. The number of aryl methyl sites for hydroxylation is 1. The van der Waals surface area contributed by atoms with Crippen molar-refractivity contribution in [2.45, 2.75) is 84.5 Å². The standard InChI is InChI=1S/C27H40N2O5S/c1-3-5-7-8-9-10-11-13-16-22-20-26(33-23-17-14-12-15-18-23)25(29-19-6-4-2)21-24(22)27(30)34-35(28,31)32/h12,14-15,17-18,20-21,29H,3-11,13,16,19H2,1-2H3,(H2,28,31,32). The molecule has 0 aromatic heterocycles. The normalized spacial score (nSPS) is 11.3. The van der Waals surface area contributed by atoms with E-state index in [9.17, 15) is 13.2 Å². The lowest BCUT2D eigenvalue weighted by Crippen LogP contribution is -2.21. The molecule has 7 nitrogen and oxygen atoms in total. The molecule has 0 aliphatic rings. The average Bonchev–Trinajstić information content (AvgIpc) is 2.81. The van der Waals surface area contributed by atoms with Crippen molar-refractivity contribution < 1.29 is 22.1 Å². The highest BCUT2D eigenvalue weighted by Gasteiger charge is 2.21. The number of benzene rings is 2. The Labute approximate surface area is 210 Å². The molecule has 0 unspecified atom stereocenters. The summed E-state index contributed by atoms with van der Waals surface area (Å²) >= 11 is 0. The number of carbonyl (C=O) groups excluding carboxylic acids is 1. The van der Waals surface area contributed by atoms with Gasteiger partial charge in [-0.15, -0.1) is 0 Å². The minimum absolute atomic E-state index is 0.182. The minimum atomic E-state index is -4.42. The van der Waals surface area contributed by atoms with Crippen molar-refractivity contribution in [3.8, 4) is 11.5 Å². The van der Waals surface area contributed by atoms with Gasteiger partial charge in [-0.2, -0.15) is 13.6 Å². The fourth-order valence-electron chi connectivity index (χ4n) is 3.86. The third-order valence-corrected chi connectivity index (χ3v) is 6.12. The molecule has 0 saturated carbocycles. The predicted molar refractivity (Wildman–Crippen MR) is 141 cm³/mol. The molecule has 0 aliphatic heterocycles. The van der Waals surface area contributed by atoms with Gasteiger partial charge in [0.25, 0.3) is 0 Å². The average molecular weight is 505 g/mol. The Bertz CT molecular complexity index is 1010. The maximum absolute atomic E-state index is 12.7. The van der Waals surface area contributed by atoms with Gasteiger partial charge in [0.1, 0.15) is 5.75 Å². The first-order valence-corrected chi connectivity index (χ1v) is 14.2. The topological polar surface area (TPSA) is 108 Å². The summed E-state index contributed by atoms with van der Waals surface area (Å²) in [4.78, 5) is 12.7. The van der Waals surface area contributed by atoms with Crippen LogP contribution in [0.1, 0.15) is 94.0 Å². The van der Waals surface area contributed by atoms with Crippen LogP contribution in [0.4, 0.5) is 5.69 Å². The molecule has 0 amide bonds. The number of hydrogen-bond acceptors (Lipinski definition) is 6. The number of ether oxygens (including phenoxy) is 1. The Hall–Kier alpha value is -2.58. The first-order chi connectivity index (χ1) is 16.8. The van der Waals surface area contributed by atoms with Crippen LogP contribution in [0.5, 0.6) is 11.5 Å². The van der Waals surface area contributed by atoms with E-state index in [2.05, 4.69) is 23.3 Å². The van der Waals surface area contributed by atoms with E-state index in [-0.39, 0.29) is 5.56 Å². The number of nitrogens with one attached hydrogen (secondary N) is 1. The lowest BCUT2D eigenvalue weighted by atomic mass is 9.98. The van der Waals surface area contributed by atoms with Crippen molar-refractivity contribution in [2.24, 2.45) is 5.14 Å². The highest BCUT2D eigenvalue weighted by Crippen LogP contribution is 2.34. The van der Waals surface area contributed by atoms with Gasteiger partial charge < -0.3 is 14.2 Å². The van der Waals surface area contributed by atoms with E-state index >= 15 is 0 Å². The fraction of sp³-hybridized carbons (Fsp3) is 0.519. The van der Waals surface area contributed by atoms with Crippen LogP contribution in [-0.2, 0) is 20.9 Å². The minimum Gasteiger partial charge on any atom is -0.455 e. The molecule has 2 aromatic rings. The molecule has 0 saturated heterocycles. The third-order valence-electron chi connectivity index (χ3n) is 5.73. The maximum atomic E-state index is 12.7. The smallest absolute Gasteiger partial charge is 0.382 e. The Kier molecular flexibility index (Phi) is 12.6. The first kappa shape index (κ1) is 28.7. The molecule has 0 fully saturated rings. The van der Waals surface area contributed by atoms with E-state index in [1.54, 1.807) is 6.07 Å². The number of rotatable bonds is 17. The van der Waals surface area contributed by atoms with Gasteiger partial charge in [-0.25, -0.2) is 4.79 Å². The molecule has 0 aliphatic carbocycles. The van der Waals surface area contributed by atoms with E-state index in [0.29, 0.717) is 35.7 Å². The number of unbranched alkanes of at least 4 members (excludes halogenated alkanes) is 8. The second-order valence-electron chi connectivity index (χ2n) is 8.79. The predicted octanol–water partition coefficient (Wildman–Crippen LogP) is 6.73. The summed E-state index contributed by atoms with van der Waals surface area (Å²) in [5, 5.41) is 8.28. The summed E-state index contributed by atoms with van der Waals surface area (Å²) < 4.78 is 33.5. The van der Waals surface area contributed by atoms with Crippen LogP contribution >= 0.6 is 0 Å². The lowest BCUT2D eigenvalue weighted by molar-refractivity contribution is 0.0746. The van der Waals surface area contributed by atoms with Crippen molar-refractivity contribution in [1.29, 1.82) is 0 Å². The summed E-state index contributed by atoms with van der Waals surface area (Å²) in [7, 11) is -4.42. The van der Waals surface area contributed by atoms with E-state index in [1.165, 1.54) is 32.1 Å². The summed E-state index contributed by atoms with van der Waals surface area (Å²) in [6, 6.07) is 12.8. The SMILES string of the molecule is CCCCCCCCCCc1cc(Oc2ccccc2)c(NCCCC)cc1C(=O)OS(N)(=O)=O. The van der Waals surface area contributed by atoms with Crippen LogP contribution < -0.4 is 15.2 Å².